The fourth-order valence-corrected chi connectivity index (χ4v) is 3.60. The number of nitrogens with one attached hydrogen (secondary N) is 3. The van der Waals surface area contributed by atoms with E-state index in [1.807, 2.05) is 12.2 Å². The van der Waals surface area contributed by atoms with Gasteiger partial charge in [-0.25, -0.2) is 14.8 Å². The van der Waals surface area contributed by atoms with Crippen molar-refractivity contribution in [1.82, 2.24) is 20.6 Å². The molecule has 174 valence electrons. The van der Waals surface area contributed by atoms with E-state index in [1.54, 1.807) is 29.2 Å². The standard InChI is InChI=1S/C21H21F3N6O3/c1-11-7-25-16(31)10-30(11)19-26-8-13(9-27-19)28-20(32)29-18(21(22,23)24)17-12(2)14-5-3-4-6-15(14)33-17/h3-6,8-9,11,18H,7,10H2,1-2H3,(H,25,31)(H2,28,29,32)/t11-,18+/m0/s1. The average molecular weight is 462 g/mol. The van der Waals surface area contributed by atoms with E-state index >= 15 is 0 Å². The molecule has 3 heterocycles. The summed E-state index contributed by atoms with van der Waals surface area (Å²) >= 11 is 0. The molecule has 1 fully saturated rings. The molecule has 0 unspecified atom stereocenters. The second-order valence-corrected chi connectivity index (χ2v) is 7.71. The maximum atomic E-state index is 13.8. The number of amides is 3. The average Bonchev–Trinajstić information content (AvgIpc) is 3.10. The van der Waals surface area contributed by atoms with Gasteiger partial charge in [-0.2, -0.15) is 13.2 Å². The molecule has 9 nitrogen and oxygen atoms in total. The van der Waals surface area contributed by atoms with Crippen LogP contribution in [0.15, 0.2) is 41.1 Å². The number of hydrogen-bond acceptors (Lipinski definition) is 6. The Bertz CT molecular complexity index is 1180. The molecule has 0 spiro atoms. The number of piperazine rings is 1. The van der Waals surface area contributed by atoms with Crippen molar-refractivity contribution in [2.45, 2.75) is 32.1 Å². The van der Waals surface area contributed by atoms with Gasteiger partial charge in [-0.15, -0.1) is 0 Å². The molecule has 0 aliphatic carbocycles. The van der Waals surface area contributed by atoms with Crippen molar-refractivity contribution in [3.63, 3.8) is 0 Å². The monoisotopic (exact) mass is 462 g/mol. The second kappa shape index (κ2) is 8.60. The molecule has 0 radical (unpaired) electrons. The third-order valence-electron chi connectivity index (χ3n) is 5.34. The number of rotatable bonds is 4. The topological polar surface area (TPSA) is 112 Å². The molecule has 33 heavy (non-hydrogen) atoms. The number of urea groups is 1. The zero-order valence-electron chi connectivity index (χ0n) is 17.7. The third-order valence-corrected chi connectivity index (χ3v) is 5.34. The summed E-state index contributed by atoms with van der Waals surface area (Å²) in [7, 11) is 0. The summed E-state index contributed by atoms with van der Waals surface area (Å²) in [5.41, 5.74) is 0.680. The third kappa shape index (κ3) is 4.69. The first-order chi connectivity index (χ1) is 15.6. The number of halogens is 3. The molecule has 4 rings (SSSR count). The first-order valence-corrected chi connectivity index (χ1v) is 10.1. The highest BCUT2D eigenvalue weighted by Gasteiger charge is 2.45. The van der Waals surface area contributed by atoms with Crippen LogP contribution in [0.3, 0.4) is 0 Å². The van der Waals surface area contributed by atoms with E-state index in [0.29, 0.717) is 23.1 Å². The molecule has 3 amide bonds. The van der Waals surface area contributed by atoms with E-state index in [4.69, 9.17) is 4.42 Å². The number of anilines is 2. The van der Waals surface area contributed by atoms with Gasteiger partial charge in [0.2, 0.25) is 11.9 Å². The number of para-hydroxylation sites is 1. The van der Waals surface area contributed by atoms with Crippen molar-refractivity contribution in [2.75, 3.05) is 23.3 Å². The van der Waals surface area contributed by atoms with Gasteiger partial charge >= 0.3 is 12.2 Å². The zero-order chi connectivity index (χ0) is 23.8. The molecule has 3 aromatic rings. The fourth-order valence-electron chi connectivity index (χ4n) is 3.60. The van der Waals surface area contributed by atoms with E-state index in [2.05, 4.69) is 20.6 Å². The van der Waals surface area contributed by atoms with Gasteiger partial charge in [-0.3, -0.25) is 4.79 Å². The second-order valence-electron chi connectivity index (χ2n) is 7.71. The number of benzene rings is 1. The Balaban J connectivity index is 1.49. The highest BCUT2D eigenvalue weighted by Crippen LogP contribution is 2.38. The van der Waals surface area contributed by atoms with Crippen LogP contribution in [0.5, 0.6) is 0 Å². The Morgan fingerprint density at radius 3 is 2.64 bits per heavy atom. The van der Waals surface area contributed by atoms with Crippen molar-refractivity contribution in [1.29, 1.82) is 0 Å². The summed E-state index contributed by atoms with van der Waals surface area (Å²) < 4.78 is 46.7. The van der Waals surface area contributed by atoms with Crippen molar-refractivity contribution in [3.05, 3.63) is 48.0 Å². The Morgan fingerprint density at radius 2 is 1.97 bits per heavy atom. The van der Waals surface area contributed by atoms with Crippen molar-refractivity contribution < 1.29 is 27.2 Å². The van der Waals surface area contributed by atoms with Gasteiger partial charge in [0.1, 0.15) is 17.9 Å². The molecule has 12 heteroatoms. The van der Waals surface area contributed by atoms with Gasteiger partial charge in [-0.1, -0.05) is 18.2 Å². The molecule has 3 N–H and O–H groups in total. The van der Waals surface area contributed by atoms with Crippen LogP contribution in [0.4, 0.5) is 29.6 Å². The van der Waals surface area contributed by atoms with Crippen molar-refractivity contribution in [3.8, 4) is 0 Å². The minimum absolute atomic E-state index is 0.0376. The van der Waals surface area contributed by atoms with E-state index in [9.17, 15) is 22.8 Å². The Hall–Kier alpha value is -3.83. The number of fused-ring (bicyclic) bond motifs is 1. The molecule has 0 saturated carbocycles. The fraction of sp³-hybridized carbons (Fsp3) is 0.333. The van der Waals surface area contributed by atoms with Gasteiger partial charge in [-0.05, 0) is 19.9 Å². The van der Waals surface area contributed by atoms with Gasteiger partial charge in [0.05, 0.1) is 18.1 Å². The molecule has 2 aromatic heterocycles. The molecule has 1 aliphatic heterocycles. The predicted octanol–water partition coefficient (Wildman–Crippen LogP) is 3.28. The van der Waals surface area contributed by atoms with Crippen LogP contribution in [0.1, 0.15) is 24.3 Å². The predicted molar refractivity (Wildman–Crippen MR) is 114 cm³/mol. The maximum absolute atomic E-state index is 13.8. The number of aromatic nitrogens is 2. The normalized spacial score (nSPS) is 17.5. The number of alkyl halides is 3. The lowest BCUT2D eigenvalue weighted by Gasteiger charge is -2.33. The summed E-state index contributed by atoms with van der Waals surface area (Å²) in [5, 5.41) is 7.49. The van der Waals surface area contributed by atoms with E-state index in [0.717, 1.165) is 0 Å². The molecule has 1 saturated heterocycles. The van der Waals surface area contributed by atoms with E-state index in [1.165, 1.54) is 19.3 Å². The zero-order valence-corrected chi connectivity index (χ0v) is 17.7. The quantitative estimate of drug-likeness (QED) is 0.549. The minimum atomic E-state index is -4.79. The molecular formula is C21H21F3N6O3. The van der Waals surface area contributed by atoms with Gasteiger partial charge in [0.25, 0.3) is 0 Å². The van der Waals surface area contributed by atoms with Crippen molar-refractivity contribution >= 4 is 34.5 Å². The SMILES string of the molecule is Cc1c([C@@H](NC(=O)Nc2cnc(N3CC(=O)NC[C@@H]3C)nc2)C(F)(F)F)oc2ccccc12. The minimum Gasteiger partial charge on any atom is -0.458 e. The van der Waals surface area contributed by atoms with Crippen LogP contribution in [-0.2, 0) is 4.79 Å². The first kappa shape index (κ1) is 22.4. The smallest absolute Gasteiger partial charge is 0.416 e. The molecular weight excluding hydrogens is 441 g/mol. The van der Waals surface area contributed by atoms with Crippen LogP contribution < -0.4 is 20.9 Å². The molecule has 0 bridgehead atoms. The highest BCUT2D eigenvalue weighted by molar-refractivity contribution is 5.89. The van der Waals surface area contributed by atoms with Gasteiger partial charge < -0.3 is 25.3 Å². The summed E-state index contributed by atoms with van der Waals surface area (Å²) in [6.07, 6.45) is -2.27. The van der Waals surface area contributed by atoms with E-state index < -0.39 is 18.2 Å². The number of carbonyl (C=O) groups excluding carboxylic acids is 2. The number of carbonyl (C=O) groups is 2. The Kier molecular flexibility index (Phi) is 5.83. The van der Waals surface area contributed by atoms with Crippen molar-refractivity contribution in [2.24, 2.45) is 0 Å². The molecule has 1 aromatic carbocycles. The Labute approximate surface area is 186 Å². The van der Waals surface area contributed by atoms with Crippen LogP contribution in [-0.4, -0.2) is 47.2 Å². The summed E-state index contributed by atoms with van der Waals surface area (Å²) in [4.78, 5) is 33.9. The highest BCUT2D eigenvalue weighted by atomic mass is 19.4. The van der Waals surface area contributed by atoms with Crippen LogP contribution in [0.2, 0.25) is 0 Å². The number of hydrogen-bond donors (Lipinski definition) is 3. The lowest BCUT2D eigenvalue weighted by atomic mass is 10.1. The number of aryl methyl sites for hydroxylation is 1. The summed E-state index contributed by atoms with van der Waals surface area (Å²) in [5.74, 6) is -0.283. The molecule has 1 aliphatic rings. The molecule has 2 atom stereocenters. The van der Waals surface area contributed by atoms with Gasteiger partial charge in [0.15, 0.2) is 6.04 Å². The largest absolute Gasteiger partial charge is 0.458 e. The van der Waals surface area contributed by atoms with E-state index in [-0.39, 0.29) is 35.9 Å². The van der Waals surface area contributed by atoms with Crippen LogP contribution in [0, 0.1) is 6.92 Å². The maximum Gasteiger partial charge on any atom is 0.416 e. The van der Waals surface area contributed by atoms with Crippen LogP contribution in [0.25, 0.3) is 11.0 Å². The van der Waals surface area contributed by atoms with Gasteiger partial charge in [0, 0.05) is 23.5 Å². The number of nitrogens with zero attached hydrogens (tertiary/aromatic N) is 3. The summed E-state index contributed by atoms with van der Waals surface area (Å²) in [6, 6.07) is 3.07. The van der Waals surface area contributed by atoms with Crippen LogP contribution >= 0.6 is 0 Å². The number of furan rings is 1. The Morgan fingerprint density at radius 1 is 1.27 bits per heavy atom. The first-order valence-electron chi connectivity index (χ1n) is 10.1. The lowest BCUT2D eigenvalue weighted by molar-refractivity contribution is -0.158. The summed E-state index contributed by atoms with van der Waals surface area (Å²) in [6.45, 7) is 3.91. The lowest BCUT2D eigenvalue weighted by Crippen LogP contribution is -2.53.